The minimum Gasteiger partial charge on any atom is -0.493 e. The third-order valence-corrected chi connectivity index (χ3v) is 5.43. The molecule has 1 amide bonds. The number of carbonyl (C=O) groups is 1. The van der Waals surface area contributed by atoms with Crippen LogP contribution in [0.5, 0.6) is 11.5 Å². The first-order chi connectivity index (χ1) is 16.1. The highest BCUT2D eigenvalue weighted by molar-refractivity contribution is 6.30. The van der Waals surface area contributed by atoms with Crippen molar-refractivity contribution < 1.29 is 18.8 Å². The van der Waals surface area contributed by atoms with Crippen molar-refractivity contribution in [1.82, 2.24) is 10.1 Å². The van der Waals surface area contributed by atoms with Gasteiger partial charge in [0.2, 0.25) is 0 Å². The molecule has 6 nitrogen and oxygen atoms in total. The maximum atomic E-state index is 13.3. The van der Waals surface area contributed by atoms with Gasteiger partial charge in [-0.05, 0) is 48.0 Å². The molecule has 0 aliphatic rings. The minimum absolute atomic E-state index is 0.119. The van der Waals surface area contributed by atoms with E-state index < -0.39 is 0 Å². The molecular weight excluding hydrogens is 440 g/mol. The zero-order valence-electron chi connectivity index (χ0n) is 18.3. The molecule has 4 aromatic rings. The fourth-order valence-corrected chi connectivity index (χ4v) is 3.61. The first-order valence-corrected chi connectivity index (χ1v) is 10.7. The summed E-state index contributed by atoms with van der Waals surface area (Å²) in [6, 6.07) is 24.0. The SMILES string of the molecule is COc1ccc(-c2cc(CN(Cc3ccccc3)C(=O)c3ccc(Cl)cc3)no2)cc1OC. The summed E-state index contributed by atoms with van der Waals surface area (Å²) in [6.45, 7) is 0.716. The topological polar surface area (TPSA) is 64.8 Å². The van der Waals surface area contributed by atoms with E-state index in [2.05, 4.69) is 5.16 Å². The number of hydrogen-bond acceptors (Lipinski definition) is 5. The van der Waals surface area contributed by atoms with Crippen LogP contribution in [0.2, 0.25) is 5.02 Å². The lowest BCUT2D eigenvalue weighted by atomic mass is 10.1. The number of hydrogen-bond donors (Lipinski definition) is 0. The number of aromatic nitrogens is 1. The maximum Gasteiger partial charge on any atom is 0.254 e. The third kappa shape index (κ3) is 5.35. The predicted octanol–water partition coefficient (Wildman–Crippen LogP) is 5.85. The number of nitrogens with zero attached hydrogens (tertiary/aromatic N) is 2. The normalized spacial score (nSPS) is 10.6. The number of amides is 1. The molecular formula is C26H23ClN2O4. The standard InChI is InChI=1S/C26H23ClN2O4/c1-31-23-13-10-20(14-25(23)32-2)24-15-22(28-33-24)17-29(16-18-6-4-3-5-7-18)26(30)19-8-11-21(27)12-9-19/h3-15H,16-17H2,1-2H3. The number of ether oxygens (including phenoxy) is 2. The molecule has 7 heteroatoms. The van der Waals surface area contributed by atoms with Crippen LogP contribution in [0.25, 0.3) is 11.3 Å². The second-order valence-electron chi connectivity index (χ2n) is 7.41. The first-order valence-electron chi connectivity index (χ1n) is 10.3. The van der Waals surface area contributed by atoms with Crippen molar-refractivity contribution in [1.29, 1.82) is 0 Å². The molecule has 1 aromatic heterocycles. The lowest BCUT2D eigenvalue weighted by Crippen LogP contribution is -2.30. The van der Waals surface area contributed by atoms with Gasteiger partial charge in [-0.1, -0.05) is 47.1 Å². The van der Waals surface area contributed by atoms with Crippen LogP contribution in [0.1, 0.15) is 21.6 Å². The minimum atomic E-state index is -0.119. The Balaban J connectivity index is 1.59. The Labute approximate surface area is 197 Å². The van der Waals surface area contributed by atoms with Gasteiger partial charge in [0.25, 0.3) is 5.91 Å². The van der Waals surface area contributed by atoms with Crippen molar-refractivity contribution >= 4 is 17.5 Å². The fourth-order valence-electron chi connectivity index (χ4n) is 3.49. The fraction of sp³-hybridized carbons (Fsp3) is 0.154. The summed E-state index contributed by atoms with van der Waals surface area (Å²) in [5.41, 5.74) is 3.01. The average molecular weight is 463 g/mol. The lowest BCUT2D eigenvalue weighted by Gasteiger charge is -2.22. The number of benzene rings is 3. The molecule has 0 aliphatic carbocycles. The molecule has 0 radical (unpaired) electrons. The van der Waals surface area contributed by atoms with E-state index in [0.29, 0.717) is 40.1 Å². The molecule has 4 rings (SSSR count). The van der Waals surface area contributed by atoms with Crippen LogP contribution in [0.4, 0.5) is 0 Å². The molecule has 0 spiro atoms. The van der Waals surface area contributed by atoms with Crippen molar-refractivity contribution in [3.63, 3.8) is 0 Å². The summed E-state index contributed by atoms with van der Waals surface area (Å²) >= 11 is 5.99. The number of methoxy groups -OCH3 is 2. The van der Waals surface area contributed by atoms with E-state index >= 15 is 0 Å². The maximum absolute atomic E-state index is 13.3. The number of carbonyl (C=O) groups excluding carboxylic acids is 1. The van der Waals surface area contributed by atoms with Crippen molar-refractivity contribution in [3.8, 4) is 22.8 Å². The highest BCUT2D eigenvalue weighted by Gasteiger charge is 2.19. The van der Waals surface area contributed by atoms with Crippen LogP contribution >= 0.6 is 11.6 Å². The lowest BCUT2D eigenvalue weighted by molar-refractivity contribution is 0.0726. The van der Waals surface area contributed by atoms with E-state index in [1.54, 1.807) is 43.4 Å². The van der Waals surface area contributed by atoms with E-state index in [-0.39, 0.29) is 12.5 Å². The molecule has 0 bridgehead atoms. The van der Waals surface area contributed by atoms with E-state index in [4.69, 9.17) is 25.6 Å². The van der Waals surface area contributed by atoms with Crippen molar-refractivity contribution in [2.75, 3.05) is 14.2 Å². The van der Waals surface area contributed by atoms with E-state index in [0.717, 1.165) is 11.1 Å². The summed E-state index contributed by atoms with van der Waals surface area (Å²) in [7, 11) is 3.17. The van der Waals surface area contributed by atoms with E-state index in [9.17, 15) is 4.79 Å². The van der Waals surface area contributed by atoms with Gasteiger partial charge in [-0.2, -0.15) is 0 Å². The van der Waals surface area contributed by atoms with Crippen LogP contribution in [0, 0.1) is 0 Å². The highest BCUT2D eigenvalue weighted by atomic mass is 35.5. The van der Waals surface area contributed by atoms with Crippen molar-refractivity contribution in [3.05, 3.63) is 101 Å². The number of halogens is 1. The molecule has 0 saturated carbocycles. The van der Waals surface area contributed by atoms with Crippen LogP contribution in [-0.4, -0.2) is 30.2 Å². The highest BCUT2D eigenvalue weighted by Crippen LogP contribution is 2.32. The van der Waals surface area contributed by atoms with Gasteiger partial charge in [0.15, 0.2) is 17.3 Å². The Morgan fingerprint density at radius 1 is 0.909 bits per heavy atom. The molecule has 168 valence electrons. The summed E-state index contributed by atoms with van der Waals surface area (Å²) in [5.74, 6) is 1.68. The summed E-state index contributed by atoms with van der Waals surface area (Å²) < 4.78 is 16.2. The molecule has 0 unspecified atom stereocenters. The molecule has 3 aromatic carbocycles. The van der Waals surface area contributed by atoms with Crippen molar-refractivity contribution in [2.45, 2.75) is 13.1 Å². The molecule has 1 heterocycles. The van der Waals surface area contributed by atoms with Gasteiger partial charge in [0.1, 0.15) is 5.69 Å². The molecule has 0 fully saturated rings. The second-order valence-corrected chi connectivity index (χ2v) is 7.84. The van der Waals surface area contributed by atoms with Crippen LogP contribution < -0.4 is 9.47 Å². The van der Waals surface area contributed by atoms with Gasteiger partial charge in [0, 0.05) is 28.8 Å². The Morgan fingerprint density at radius 2 is 1.64 bits per heavy atom. The predicted molar refractivity (Wildman–Crippen MR) is 127 cm³/mol. The summed E-state index contributed by atoms with van der Waals surface area (Å²) in [4.78, 5) is 15.0. The van der Waals surface area contributed by atoms with Gasteiger partial charge < -0.3 is 18.9 Å². The van der Waals surface area contributed by atoms with Gasteiger partial charge in [0.05, 0.1) is 20.8 Å². The molecule has 0 atom stereocenters. The molecule has 0 aliphatic heterocycles. The second kappa shape index (κ2) is 10.2. The van der Waals surface area contributed by atoms with Gasteiger partial charge in [-0.15, -0.1) is 0 Å². The smallest absolute Gasteiger partial charge is 0.254 e. The van der Waals surface area contributed by atoms with E-state index in [1.165, 1.54) is 0 Å². The summed E-state index contributed by atoms with van der Waals surface area (Å²) in [5, 5.41) is 4.78. The molecule has 0 saturated heterocycles. The Morgan fingerprint density at radius 3 is 2.33 bits per heavy atom. The molecule has 33 heavy (non-hydrogen) atoms. The quantitative estimate of drug-likeness (QED) is 0.328. The summed E-state index contributed by atoms with van der Waals surface area (Å²) in [6.07, 6.45) is 0. The monoisotopic (exact) mass is 462 g/mol. The Bertz CT molecular complexity index is 1220. The third-order valence-electron chi connectivity index (χ3n) is 5.17. The number of rotatable bonds is 8. The van der Waals surface area contributed by atoms with E-state index in [1.807, 2.05) is 54.6 Å². The van der Waals surface area contributed by atoms with Gasteiger partial charge in [-0.25, -0.2) is 0 Å². The van der Waals surface area contributed by atoms with Crippen molar-refractivity contribution in [2.24, 2.45) is 0 Å². The zero-order chi connectivity index (χ0) is 23.2. The Hall–Kier alpha value is -3.77. The molecule has 0 N–H and O–H groups in total. The Kier molecular flexibility index (Phi) is 6.95. The largest absolute Gasteiger partial charge is 0.493 e. The van der Waals surface area contributed by atoms with Crippen LogP contribution in [-0.2, 0) is 13.1 Å². The van der Waals surface area contributed by atoms with Gasteiger partial charge in [-0.3, -0.25) is 4.79 Å². The zero-order valence-corrected chi connectivity index (χ0v) is 19.1. The first kappa shape index (κ1) is 22.4. The van der Waals surface area contributed by atoms with Crippen LogP contribution in [0.3, 0.4) is 0 Å². The van der Waals surface area contributed by atoms with Crippen LogP contribution in [0.15, 0.2) is 83.4 Å². The average Bonchev–Trinajstić information content (AvgIpc) is 3.32. The van der Waals surface area contributed by atoms with Gasteiger partial charge >= 0.3 is 0 Å².